The predicted molar refractivity (Wildman–Crippen MR) is 134 cm³/mol. The summed E-state index contributed by atoms with van der Waals surface area (Å²) in [7, 11) is -3.71. The number of ether oxygens (including phenoxy) is 1. The molecule has 1 fully saturated rings. The van der Waals surface area contributed by atoms with Crippen LogP contribution >= 0.6 is 0 Å². The van der Waals surface area contributed by atoms with E-state index in [0.717, 1.165) is 29.8 Å². The van der Waals surface area contributed by atoms with Crippen LogP contribution in [0.25, 0.3) is 5.69 Å². The highest BCUT2D eigenvalue weighted by molar-refractivity contribution is 7.89. The van der Waals surface area contributed by atoms with Crippen LogP contribution < -0.4 is 5.32 Å². The van der Waals surface area contributed by atoms with Gasteiger partial charge in [-0.1, -0.05) is 24.3 Å². The fourth-order valence-electron chi connectivity index (χ4n) is 4.31. The van der Waals surface area contributed by atoms with Gasteiger partial charge in [-0.2, -0.15) is 9.40 Å². The van der Waals surface area contributed by atoms with E-state index in [-0.39, 0.29) is 23.0 Å². The second-order valence-corrected chi connectivity index (χ2v) is 10.9. The van der Waals surface area contributed by atoms with Crippen molar-refractivity contribution in [1.82, 2.24) is 19.4 Å². The van der Waals surface area contributed by atoms with E-state index in [4.69, 9.17) is 4.74 Å². The van der Waals surface area contributed by atoms with Gasteiger partial charge in [0.05, 0.1) is 28.5 Å². The number of carbonyl (C=O) groups is 1. The maximum atomic E-state index is 13.1. The Labute approximate surface area is 207 Å². The predicted octanol–water partition coefficient (Wildman–Crippen LogP) is 3.34. The summed E-state index contributed by atoms with van der Waals surface area (Å²) < 4.78 is 35.2. The van der Waals surface area contributed by atoms with Crippen molar-refractivity contribution in [1.29, 1.82) is 0 Å². The third-order valence-corrected chi connectivity index (χ3v) is 7.88. The van der Waals surface area contributed by atoms with Gasteiger partial charge in [0.2, 0.25) is 10.0 Å². The molecule has 0 spiro atoms. The third-order valence-electron chi connectivity index (χ3n) is 6.05. The summed E-state index contributed by atoms with van der Waals surface area (Å²) in [5.74, 6) is -0.289. The number of morpholine rings is 1. The minimum atomic E-state index is -3.71. The number of rotatable bonds is 8. The van der Waals surface area contributed by atoms with Crippen LogP contribution in [-0.4, -0.2) is 60.3 Å². The van der Waals surface area contributed by atoms with Crippen molar-refractivity contribution in [3.8, 4) is 5.69 Å². The lowest BCUT2D eigenvalue weighted by atomic mass is 10.1. The molecule has 1 N–H and O–H groups in total. The minimum absolute atomic E-state index is 0.121. The highest BCUT2D eigenvalue weighted by Crippen LogP contribution is 2.22. The maximum Gasteiger partial charge on any atom is 0.251 e. The summed E-state index contributed by atoms with van der Waals surface area (Å²) in [4.78, 5) is 12.8. The largest absolute Gasteiger partial charge is 0.373 e. The Bertz CT molecular complexity index is 1260. The van der Waals surface area contributed by atoms with Crippen LogP contribution in [0.1, 0.15) is 41.9 Å². The van der Waals surface area contributed by atoms with Gasteiger partial charge < -0.3 is 10.1 Å². The Hall–Kier alpha value is -3.01. The zero-order valence-electron chi connectivity index (χ0n) is 20.3. The molecule has 2 atom stereocenters. The second kappa shape index (κ2) is 10.7. The molecule has 3 aromatic rings. The molecule has 8 nitrogen and oxygen atoms in total. The number of para-hydroxylation sites is 1. The van der Waals surface area contributed by atoms with Crippen LogP contribution in [0, 0.1) is 6.92 Å². The number of hydrogen-bond donors (Lipinski definition) is 1. The van der Waals surface area contributed by atoms with E-state index in [1.54, 1.807) is 12.1 Å². The van der Waals surface area contributed by atoms with Crippen molar-refractivity contribution in [2.75, 3.05) is 19.6 Å². The Morgan fingerprint density at radius 3 is 2.51 bits per heavy atom. The fraction of sp³-hybridized carbons (Fsp3) is 0.385. The Morgan fingerprint density at radius 2 is 1.80 bits per heavy atom. The highest BCUT2D eigenvalue weighted by Gasteiger charge is 2.32. The van der Waals surface area contributed by atoms with Gasteiger partial charge in [0.15, 0.2) is 0 Å². The second-order valence-electron chi connectivity index (χ2n) is 8.99. The third kappa shape index (κ3) is 5.98. The molecule has 1 aromatic heterocycles. The first kappa shape index (κ1) is 25.1. The molecule has 1 aliphatic heterocycles. The molecule has 1 amide bonds. The molecule has 186 valence electrons. The zero-order valence-corrected chi connectivity index (χ0v) is 21.2. The highest BCUT2D eigenvalue weighted by atomic mass is 32.2. The molecule has 0 saturated carbocycles. The van der Waals surface area contributed by atoms with Crippen molar-refractivity contribution in [2.24, 2.45) is 0 Å². The maximum absolute atomic E-state index is 13.1. The molecule has 2 heterocycles. The molecule has 0 bridgehead atoms. The number of benzene rings is 2. The summed E-state index contributed by atoms with van der Waals surface area (Å²) >= 11 is 0. The lowest BCUT2D eigenvalue weighted by molar-refractivity contribution is -0.0440. The van der Waals surface area contributed by atoms with E-state index in [1.165, 1.54) is 16.4 Å². The van der Waals surface area contributed by atoms with Crippen molar-refractivity contribution in [3.05, 3.63) is 77.6 Å². The number of hydrogen-bond acceptors (Lipinski definition) is 5. The molecule has 1 aliphatic rings. The van der Waals surface area contributed by atoms with Crippen molar-refractivity contribution < 1.29 is 17.9 Å². The molecular weight excluding hydrogens is 464 g/mol. The summed E-state index contributed by atoms with van der Waals surface area (Å²) in [6.07, 6.45) is 3.19. The van der Waals surface area contributed by atoms with E-state index < -0.39 is 10.0 Å². The van der Waals surface area contributed by atoms with Gasteiger partial charge in [0.1, 0.15) is 0 Å². The molecule has 35 heavy (non-hydrogen) atoms. The van der Waals surface area contributed by atoms with Gasteiger partial charge >= 0.3 is 0 Å². The number of aryl methyl sites for hydroxylation is 2. The van der Waals surface area contributed by atoms with Gasteiger partial charge in [-0.15, -0.1) is 0 Å². The summed E-state index contributed by atoms with van der Waals surface area (Å²) in [5, 5.41) is 7.49. The minimum Gasteiger partial charge on any atom is -0.373 e. The van der Waals surface area contributed by atoms with Gasteiger partial charge in [0.25, 0.3) is 5.91 Å². The molecule has 2 aromatic carbocycles. The lowest BCUT2D eigenvalue weighted by Crippen LogP contribution is -2.48. The first-order valence-electron chi connectivity index (χ1n) is 11.9. The topological polar surface area (TPSA) is 93.5 Å². The van der Waals surface area contributed by atoms with E-state index in [9.17, 15) is 13.2 Å². The van der Waals surface area contributed by atoms with Crippen molar-refractivity contribution >= 4 is 15.9 Å². The number of nitrogens with one attached hydrogen (secondary N) is 1. The molecular formula is C26H32N4O4S. The SMILES string of the molecule is Cc1nn(-c2ccccc2)cc1CCCNC(=O)c1cccc(S(=O)(=O)N2CC(C)OC(C)C2)c1. The average Bonchev–Trinajstić information content (AvgIpc) is 3.22. The molecule has 0 aliphatic carbocycles. The number of amides is 1. The number of carbonyl (C=O) groups excluding carboxylic acids is 1. The monoisotopic (exact) mass is 496 g/mol. The van der Waals surface area contributed by atoms with E-state index >= 15 is 0 Å². The Balaban J connectivity index is 1.34. The Morgan fingerprint density at radius 1 is 1.09 bits per heavy atom. The zero-order chi connectivity index (χ0) is 25.0. The smallest absolute Gasteiger partial charge is 0.251 e. The molecule has 0 radical (unpaired) electrons. The lowest BCUT2D eigenvalue weighted by Gasteiger charge is -2.34. The first-order chi connectivity index (χ1) is 16.7. The fourth-order valence-corrected chi connectivity index (χ4v) is 5.95. The van der Waals surface area contributed by atoms with E-state index in [1.807, 2.05) is 62.0 Å². The number of aromatic nitrogens is 2. The molecule has 4 rings (SSSR count). The van der Waals surface area contributed by atoms with Crippen LogP contribution in [0.5, 0.6) is 0 Å². The van der Waals surface area contributed by atoms with E-state index in [2.05, 4.69) is 10.4 Å². The first-order valence-corrected chi connectivity index (χ1v) is 13.3. The number of sulfonamides is 1. The number of nitrogens with zero attached hydrogens (tertiary/aromatic N) is 3. The van der Waals surface area contributed by atoms with Crippen LogP contribution in [0.3, 0.4) is 0 Å². The standard InChI is InChI=1S/C26H32N4O4S/c1-19-16-29(17-20(2)34-19)35(32,33)25-13-7-9-22(15-25)26(31)27-14-8-10-23-18-30(28-21(23)3)24-11-5-4-6-12-24/h4-7,9,11-13,15,18-20H,8,10,14,16-17H2,1-3H3,(H,27,31). The quantitative estimate of drug-likeness (QED) is 0.483. The van der Waals surface area contributed by atoms with Crippen LogP contribution in [-0.2, 0) is 21.2 Å². The van der Waals surface area contributed by atoms with Gasteiger partial charge in [0, 0.05) is 31.4 Å². The van der Waals surface area contributed by atoms with E-state index in [0.29, 0.717) is 25.2 Å². The van der Waals surface area contributed by atoms with Crippen LogP contribution in [0.4, 0.5) is 0 Å². The van der Waals surface area contributed by atoms with Crippen LogP contribution in [0.15, 0.2) is 65.7 Å². The molecule has 9 heteroatoms. The van der Waals surface area contributed by atoms with Crippen molar-refractivity contribution in [3.63, 3.8) is 0 Å². The molecule has 2 unspecified atom stereocenters. The van der Waals surface area contributed by atoms with Gasteiger partial charge in [-0.25, -0.2) is 13.1 Å². The summed E-state index contributed by atoms with van der Waals surface area (Å²) in [6.45, 7) is 6.76. The summed E-state index contributed by atoms with van der Waals surface area (Å²) in [5.41, 5.74) is 3.43. The summed E-state index contributed by atoms with van der Waals surface area (Å²) in [6, 6.07) is 16.2. The Kier molecular flexibility index (Phi) is 7.69. The average molecular weight is 497 g/mol. The van der Waals surface area contributed by atoms with Crippen LogP contribution in [0.2, 0.25) is 0 Å². The molecule has 1 saturated heterocycles. The van der Waals surface area contributed by atoms with Gasteiger partial charge in [-0.05, 0) is 69.5 Å². The van der Waals surface area contributed by atoms with Crippen molar-refractivity contribution in [2.45, 2.75) is 50.7 Å². The van der Waals surface area contributed by atoms with Gasteiger partial charge in [-0.3, -0.25) is 4.79 Å². The normalized spacial score (nSPS) is 18.9.